The third-order valence-corrected chi connectivity index (χ3v) is 5.77. The monoisotopic (exact) mass is 340 g/mol. The first-order valence-electron chi connectivity index (χ1n) is 10.6. The minimum atomic E-state index is -0.0406. The summed E-state index contributed by atoms with van der Waals surface area (Å²) >= 11 is 0. The van der Waals surface area contributed by atoms with E-state index in [1.54, 1.807) is 0 Å². The summed E-state index contributed by atoms with van der Waals surface area (Å²) in [5.74, 6) is -0.0406. The van der Waals surface area contributed by atoms with E-state index in [2.05, 4.69) is 6.92 Å². The Labute approximate surface area is 150 Å². The molecule has 0 radical (unpaired) electrons. The average molecular weight is 341 g/mol. The zero-order valence-electron chi connectivity index (χ0n) is 16.5. The molecular weight excluding hydrogens is 298 g/mol. The molecule has 1 rings (SSSR count). The molecular formula is C21H42NO2+. The number of unbranched alkanes of at least 4 members (excludes halogenated alkanes) is 9. The summed E-state index contributed by atoms with van der Waals surface area (Å²) < 4.78 is 6.02. The van der Waals surface area contributed by atoms with E-state index < -0.39 is 0 Å². The fourth-order valence-electron chi connectivity index (χ4n) is 4.11. The quantitative estimate of drug-likeness (QED) is 0.238. The molecule has 1 saturated heterocycles. The van der Waals surface area contributed by atoms with Crippen LogP contribution < -0.4 is 0 Å². The number of nitrogens with zero attached hydrogens (tertiary/aromatic N) is 1. The lowest BCUT2D eigenvalue weighted by atomic mass is 10.0. The molecule has 1 fully saturated rings. The van der Waals surface area contributed by atoms with Crippen LogP contribution in [0.3, 0.4) is 0 Å². The highest BCUT2D eigenvalue weighted by molar-refractivity contribution is 5.69. The molecule has 0 saturated carbocycles. The third-order valence-electron chi connectivity index (χ3n) is 5.77. The lowest BCUT2D eigenvalue weighted by Crippen LogP contribution is -2.53. The van der Waals surface area contributed by atoms with E-state index in [4.69, 9.17) is 4.74 Å². The summed E-state index contributed by atoms with van der Waals surface area (Å²) in [6.07, 6.45) is 18.6. The lowest BCUT2D eigenvalue weighted by Gasteiger charge is -2.41. The molecule has 3 heteroatoms. The van der Waals surface area contributed by atoms with Gasteiger partial charge in [0.2, 0.25) is 0 Å². The van der Waals surface area contributed by atoms with Crippen molar-refractivity contribution in [2.75, 3.05) is 33.3 Å². The predicted octanol–water partition coefficient (Wildman–Crippen LogP) is 5.47. The van der Waals surface area contributed by atoms with Crippen LogP contribution >= 0.6 is 0 Å². The maximum absolute atomic E-state index is 11.5. The van der Waals surface area contributed by atoms with Crippen LogP contribution in [0.5, 0.6) is 0 Å². The number of hydrogen-bond acceptors (Lipinski definition) is 2. The van der Waals surface area contributed by atoms with E-state index in [9.17, 15) is 4.79 Å². The second kappa shape index (κ2) is 13.7. The van der Waals surface area contributed by atoms with Gasteiger partial charge in [-0.2, -0.15) is 0 Å². The molecule has 0 unspecified atom stereocenters. The van der Waals surface area contributed by atoms with Crippen molar-refractivity contribution in [1.29, 1.82) is 0 Å². The summed E-state index contributed by atoms with van der Waals surface area (Å²) in [7, 11) is 1.51. The van der Waals surface area contributed by atoms with Crippen LogP contribution in [0.25, 0.3) is 0 Å². The SMILES string of the molecule is CCCCCCCCCCCC[N+]1(CCC(=O)OC)CCCCC1. The van der Waals surface area contributed by atoms with Gasteiger partial charge in [0.1, 0.15) is 0 Å². The first-order chi connectivity index (χ1) is 11.7. The van der Waals surface area contributed by atoms with Crippen molar-refractivity contribution in [2.24, 2.45) is 0 Å². The number of piperidine rings is 1. The molecule has 0 amide bonds. The van der Waals surface area contributed by atoms with Crippen molar-refractivity contribution < 1.29 is 14.0 Å². The van der Waals surface area contributed by atoms with Crippen LogP contribution in [-0.2, 0) is 9.53 Å². The summed E-state index contributed by atoms with van der Waals surface area (Å²) in [6, 6.07) is 0. The van der Waals surface area contributed by atoms with E-state index in [-0.39, 0.29) is 5.97 Å². The molecule has 1 heterocycles. The molecule has 1 aliphatic rings. The van der Waals surface area contributed by atoms with Gasteiger partial charge in [0.05, 0.1) is 39.7 Å². The normalized spacial score (nSPS) is 16.9. The Kier molecular flexibility index (Phi) is 12.2. The van der Waals surface area contributed by atoms with Gasteiger partial charge in [-0.15, -0.1) is 0 Å². The molecule has 0 spiro atoms. The second-order valence-electron chi connectivity index (χ2n) is 7.80. The Balaban J connectivity index is 2.11. The Morgan fingerprint density at radius 2 is 1.33 bits per heavy atom. The fourth-order valence-corrected chi connectivity index (χ4v) is 4.11. The summed E-state index contributed by atoms with van der Waals surface area (Å²) in [6.45, 7) is 7.09. The van der Waals surface area contributed by atoms with E-state index >= 15 is 0 Å². The van der Waals surface area contributed by atoms with E-state index in [1.807, 2.05) is 0 Å². The van der Waals surface area contributed by atoms with Gasteiger partial charge in [-0.1, -0.05) is 58.3 Å². The molecule has 0 aliphatic carbocycles. The maximum atomic E-state index is 11.5. The highest BCUT2D eigenvalue weighted by atomic mass is 16.5. The first-order valence-corrected chi connectivity index (χ1v) is 10.6. The van der Waals surface area contributed by atoms with Crippen molar-refractivity contribution in [3.8, 4) is 0 Å². The lowest BCUT2D eigenvalue weighted by molar-refractivity contribution is -0.932. The van der Waals surface area contributed by atoms with Gasteiger partial charge in [0.15, 0.2) is 0 Å². The number of ether oxygens (including phenoxy) is 1. The molecule has 24 heavy (non-hydrogen) atoms. The van der Waals surface area contributed by atoms with Gasteiger partial charge in [-0.3, -0.25) is 4.79 Å². The fraction of sp³-hybridized carbons (Fsp3) is 0.952. The van der Waals surface area contributed by atoms with Crippen LogP contribution in [0, 0.1) is 0 Å². The number of hydrogen-bond donors (Lipinski definition) is 0. The minimum Gasteiger partial charge on any atom is -0.469 e. The number of methoxy groups -OCH3 is 1. The van der Waals surface area contributed by atoms with Gasteiger partial charge < -0.3 is 9.22 Å². The zero-order chi connectivity index (χ0) is 17.5. The third kappa shape index (κ3) is 9.66. The molecule has 0 N–H and O–H groups in total. The van der Waals surface area contributed by atoms with Crippen molar-refractivity contribution >= 4 is 5.97 Å². The maximum Gasteiger partial charge on any atom is 0.311 e. The topological polar surface area (TPSA) is 26.3 Å². The Bertz CT molecular complexity index is 311. The standard InChI is InChI=1S/C21H42NO2/c1-3-4-5-6-7-8-9-10-11-13-17-22(18-14-12-15-19-22)20-16-21(23)24-2/h3-20H2,1-2H3/q+1. The van der Waals surface area contributed by atoms with Gasteiger partial charge in [-0.25, -0.2) is 0 Å². The van der Waals surface area contributed by atoms with Crippen molar-refractivity contribution in [3.05, 3.63) is 0 Å². The minimum absolute atomic E-state index is 0.0406. The Morgan fingerprint density at radius 3 is 1.88 bits per heavy atom. The number of rotatable bonds is 14. The molecule has 0 aromatic carbocycles. The Morgan fingerprint density at radius 1 is 0.792 bits per heavy atom. The second-order valence-corrected chi connectivity index (χ2v) is 7.80. The molecule has 0 bridgehead atoms. The van der Waals surface area contributed by atoms with Crippen LogP contribution in [0.4, 0.5) is 0 Å². The summed E-state index contributed by atoms with van der Waals surface area (Å²) in [5.41, 5.74) is 0. The van der Waals surface area contributed by atoms with Crippen LogP contribution in [-0.4, -0.2) is 43.7 Å². The number of esters is 1. The number of carbonyl (C=O) groups excluding carboxylic acids is 1. The molecule has 3 nitrogen and oxygen atoms in total. The van der Waals surface area contributed by atoms with Crippen molar-refractivity contribution in [2.45, 2.75) is 96.8 Å². The van der Waals surface area contributed by atoms with Gasteiger partial charge in [0.25, 0.3) is 0 Å². The summed E-state index contributed by atoms with van der Waals surface area (Å²) in [4.78, 5) is 11.5. The largest absolute Gasteiger partial charge is 0.469 e. The van der Waals surface area contributed by atoms with Crippen LogP contribution in [0.2, 0.25) is 0 Å². The zero-order valence-corrected chi connectivity index (χ0v) is 16.5. The molecule has 0 atom stereocenters. The van der Waals surface area contributed by atoms with Crippen LogP contribution in [0.15, 0.2) is 0 Å². The highest BCUT2D eigenvalue weighted by Gasteiger charge is 2.29. The summed E-state index contributed by atoms with van der Waals surface area (Å²) in [5, 5.41) is 0. The predicted molar refractivity (Wildman–Crippen MR) is 102 cm³/mol. The van der Waals surface area contributed by atoms with Gasteiger partial charge >= 0.3 is 5.97 Å². The number of carbonyl (C=O) groups is 1. The van der Waals surface area contributed by atoms with Gasteiger partial charge in [-0.05, 0) is 32.1 Å². The van der Waals surface area contributed by atoms with Crippen molar-refractivity contribution in [3.63, 3.8) is 0 Å². The Hall–Kier alpha value is -0.570. The van der Waals surface area contributed by atoms with E-state index in [0.717, 1.165) is 6.54 Å². The van der Waals surface area contributed by atoms with E-state index in [1.165, 1.54) is 115 Å². The number of quaternary nitrogens is 1. The van der Waals surface area contributed by atoms with Crippen molar-refractivity contribution in [1.82, 2.24) is 0 Å². The molecule has 0 aromatic rings. The number of likely N-dealkylation sites (tertiary alicyclic amines) is 1. The van der Waals surface area contributed by atoms with Gasteiger partial charge in [0, 0.05) is 0 Å². The average Bonchev–Trinajstić information content (AvgIpc) is 2.62. The highest BCUT2D eigenvalue weighted by Crippen LogP contribution is 2.21. The molecule has 1 aliphatic heterocycles. The van der Waals surface area contributed by atoms with Crippen LogP contribution in [0.1, 0.15) is 96.8 Å². The molecule has 142 valence electrons. The molecule has 0 aromatic heterocycles. The van der Waals surface area contributed by atoms with E-state index in [0.29, 0.717) is 6.42 Å². The smallest absolute Gasteiger partial charge is 0.311 e. The first kappa shape index (κ1) is 21.5.